The number of alkyl halides is 1. The molecule has 100 valence electrons. The molecular weight excluding hydrogens is 256 g/mol. The Hall–Kier alpha value is -2.44. The van der Waals surface area contributed by atoms with E-state index in [1.807, 2.05) is 0 Å². The Balaban J connectivity index is 2.32. The van der Waals surface area contributed by atoms with Gasteiger partial charge in [0.2, 0.25) is 12.8 Å². The maximum atomic E-state index is 13.0. The topological polar surface area (TPSA) is 70.1 Å². The lowest BCUT2D eigenvalue weighted by atomic mass is 10.2. The summed E-state index contributed by atoms with van der Waals surface area (Å²) in [6.07, 6.45) is 2.83. The number of carbonyl (C=O) groups is 1. The molecule has 0 aromatic carbocycles. The molecule has 2 aromatic heterocycles. The van der Waals surface area contributed by atoms with Gasteiger partial charge in [-0.05, 0) is 23.8 Å². The van der Waals surface area contributed by atoms with Crippen LogP contribution in [0.4, 0.5) is 8.78 Å². The normalized spacial score (nSPS) is 10.4. The number of amides is 1. The molecule has 0 spiro atoms. The monoisotopic (exact) mass is 267 g/mol. The molecule has 0 atom stereocenters. The van der Waals surface area contributed by atoms with Crippen LogP contribution in [-0.4, -0.2) is 22.3 Å². The molecule has 1 amide bonds. The van der Waals surface area contributed by atoms with E-state index in [-0.39, 0.29) is 18.0 Å². The number of hydrogen-bond acceptors (Lipinski definition) is 3. The van der Waals surface area contributed by atoms with Crippen molar-refractivity contribution in [1.82, 2.24) is 9.55 Å². The first-order valence-electron chi connectivity index (χ1n) is 5.40. The summed E-state index contributed by atoms with van der Waals surface area (Å²) in [5.41, 5.74) is 5.86. The van der Waals surface area contributed by atoms with E-state index >= 15 is 0 Å². The van der Waals surface area contributed by atoms with Gasteiger partial charge in [-0.25, -0.2) is 9.37 Å². The molecule has 0 aliphatic rings. The minimum Gasteiger partial charge on any atom is -0.460 e. The molecule has 2 heterocycles. The third-order valence-electron chi connectivity index (χ3n) is 2.51. The van der Waals surface area contributed by atoms with Gasteiger partial charge in [0.25, 0.3) is 5.91 Å². The van der Waals surface area contributed by atoms with E-state index in [0.717, 1.165) is 0 Å². The highest BCUT2D eigenvalue weighted by Crippen LogP contribution is 2.21. The molecule has 0 saturated carbocycles. The first-order chi connectivity index (χ1) is 9.11. The van der Waals surface area contributed by atoms with Crippen LogP contribution in [0.25, 0.3) is 0 Å². The second-order valence-electron chi connectivity index (χ2n) is 3.76. The smallest absolute Gasteiger partial charge is 0.269 e. The fourth-order valence-electron chi connectivity index (χ4n) is 1.76. The first-order valence-corrected chi connectivity index (χ1v) is 5.40. The second kappa shape index (κ2) is 5.47. The molecule has 2 N–H and O–H groups in total. The van der Waals surface area contributed by atoms with Crippen molar-refractivity contribution in [3.8, 4) is 5.75 Å². The van der Waals surface area contributed by atoms with Gasteiger partial charge >= 0.3 is 0 Å². The highest BCUT2D eigenvalue weighted by atomic mass is 19.1. The van der Waals surface area contributed by atoms with Crippen LogP contribution in [0, 0.1) is 5.95 Å². The van der Waals surface area contributed by atoms with Gasteiger partial charge in [0.05, 0.1) is 0 Å². The maximum Gasteiger partial charge on any atom is 0.269 e. The van der Waals surface area contributed by atoms with Gasteiger partial charge in [0, 0.05) is 18.9 Å². The predicted octanol–water partition coefficient (Wildman–Crippen LogP) is 1.48. The SMILES string of the molecule is NC(=O)c1c(OCF)ccn1Cc1ccnc(F)c1. The summed E-state index contributed by atoms with van der Waals surface area (Å²) in [5, 5.41) is 0. The summed E-state index contributed by atoms with van der Waals surface area (Å²) in [4.78, 5) is 14.8. The average molecular weight is 267 g/mol. The highest BCUT2D eigenvalue weighted by Gasteiger charge is 2.16. The van der Waals surface area contributed by atoms with Gasteiger partial charge in [-0.15, -0.1) is 0 Å². The number of carbonyl (C=O) groups excluding carboxylic acids is 1. The lowest BCUT2D eigenvalue weighted by molar-refractivity contribution is 0.0984. The minimum absolute atomic E-state index is 0.0369. The lowest BCUT2D eigenvalue weighted by Crippen LogP contribution is -2.18. The van der Waals surface area contributed by atoms with Crippen LogP contribution < -0.4 is 10.5 Å². The number of ether oxygens (including phenoxy) is 1. The number of pyridine rings is 1. The minimum atomic E-state index is -1.06. The average Bonchev–Trinajstić information content (AvgIpc) is 2.72. The molecule has 19 heavy (non-hydrogen) atoms. The van der Waals surface area contributed by atoms with Crippen molar-refractivity contribution in [2.45, 2.75) is 6.54 Å². The summed E-state index contributed by atoms with van der Waals surface area (Å²) < 4.78 is 31.3. The van der Waals surface area contributed by atoms with Crippen LogP contribution >= 0.6 is 0 Å². The van der Waals surface area contributed by atoms with E-state index in [4.69, 9.17) is 5.73 Å². The van der Waals surface area contributed by atoms with E-state index in [9.17, 15) is 13.6 Å². The van der Waals surface area contributed by atoms with Crippen molar-refractivity contribution in [1.29, 1.82) is 0 Å². The number of nitrogens with zero attached hydrogens (tertiary/aromatic N) is 2. The molecule has 0 saturated heterocycles. The van der Waals surface area contributed by atoms with Crippen LogP contribution in [0.2, 0.25) is 0 Å². The molecule has 2 aromatic rings. The Morgan fingerprint density at radius 1 is 1.47 bits per heavy atom. The Bertz CT molecular complexity index is 598. The van der Waals surface area contributed by atoms with Gasteiger partial charge in [-0.2, -0.15) is 4.39 Å². The molecule has 5 nitrogen and oxygen atoms in total. The molecule has 0 aliphatic heterocycles. The number of nitrogens with two attached hydrogens (primary N) is 1. The van der Waals surface area contributed by atoms with E-state index in [1.165, 1.54) is 29.1 Å². The summed E-state index contributed by atoms with van der Waals surface area (Å²) >= 11 is 0. The van der Waals surface area contributed by atoms with Crippen LogP contribution in [0.15, 0.2) is 30.6 Å². The maximum absolute atomic E-state index is 13.0. The Labute approximate surface area is 107 Å². The Morgan fingerprint density at radius 3 is 2.89 bits per heavy atom. The number of rotatable bonds is 5. The van der Waals surface area contributed by atoms with E-state index in [0.29, 0.717) is 5.56 Å². The lowest BCUT2D eigenvalue weighted by Gasteiger charge is -2.08. The van der Waals surface area contributed by atoms with Crippen LogP contribution in [0.3, 0.4) is 0 Å². The Kier molecular flexibility index (Phi) is 3.74. The van der Waals surface area contributed by atoms with Crippen LogP contribution in [0.5, 0.6) is 5.75 Å². The fraction of sp³-hybridized carbons (Fsp3) is 0.167. The third kappa shape index (κ3) is 2.87. The zero-order valence-corrected chi connectivity index (χ0v) is 9.85. The van der Waals surface area contributed by atoms with Gasteiger partial charge in [0.1, 0.15) is 5.69 Å². The summed E-state index contributed by atoms with van der Waals surface area (Å²) in [6.45, 7) is -0.860. The second-order valence-corrected chi connectivity index (χ2v) is 3.76. The third-order valence-corrected chi connectivity index (χ3v) is 2.51. The number of halogens is 2. The van der Waals surface area contributed by atoms with Gasteiger partial charge < -0.3 is 15.0 Å². The van der Waals surface area contributed by atoms with Crippen LogP contribution in [0.1, 0.15) is 16.1 Å². The standard InChI is InChI=1S/C12H11F2N3O2/c13-7-19-9-2-4-17(11(9)12(15)18)6-8-1-3-16-10(14)5-8/h1-5H,6-7H2,(H2,15,18). The zero-order chi connectivity index (χ0) is 13.8. The Morgan fingerprint density at radius 2 is 2.26 bits per heavy atom. The molecule has 0 bridgehead atoms. The first kappa shape index (κ1) is 13.0. The number of aromatic nitrogens is 2. The van der Waals surface area contributed by atoms with Crippen molar-refractivity contribution >= 4 is 5.91 Å². The molecule has 0 fully saturated rings. The van der Waals surface area contributed by atoms with Gasteiger partial charge in [0.15, 0.2) is 5.75 Å². The van der Waals surface area contributed by atoms with Crippen molar-refractivity contribution in [3.05, 3.63) is 47.8 Å². The van der Waals surface area contributed by atoms with E-state index < -0.39 is 18.7 Å². The molecule has 7 heteroatoms. The predicted molar refractivity (Wildman–Crippen MR) is 62.8 cm³/mol. The molecule has 0 unspecified atom stereocenters. The van der Waals surface area contributed by atoms with Gasteiger partial charge in [-0.3, -0.25) is 4.79 Å². The zero-order valence-electron chi connectivity index (χ0n) is 9.85. The molecule has 0 radical (unpaired) electrons. The van der Waals surface area contributed by atoms with Crippen LogP contribution in [-0.2, 0) is 6.54 Å². The van der Waals surface area contributed by atoms with E-state index in [1.54, 1.807) is 6.07 Å². The number of primary amides is 1. The fourth-order valence-corrected chi connectivity index (χ4v) is 1.76. The highest BCUT2D eigenvalue weighted by molar-refractivity contribution is 5.94. The molecule has 2 rings (SSSR count). The largest absolute Gasteiger partial charge is 0.460 e. The summed E-state index contributed by atoms with van der Waals surface area (Å²) in [5.74, 6) is -1.31. The van der Waals surface area contributed by atoms with Crippen molar-refractivity contribution < 1.29 is 18.3 Å². The van der Waals surface area contributed by atoms with Crippen molar-refractivity contribution in [2.24, 2.45) is 5.73 Å². The van der Waals surface area contributed by atoms with Crippen molar-refractivity contribution in [3.63, 3.8) is 0 Å². The quantitative estimate of drug-likeness (QED) is 0.834. The van der Waals surface area contributed by atoms with Crippen molar-refractivity contribution in [2.75, 3.05) is 6.86 Å². The summed E-state index contributed by atoms with van der Waals surface area (Å²) in [7, 11) is 0. The molecule has 0 aliphatic carbocycles. The van der Waals surface area contributed by atoms with E-state index in [2.05, 4.69) is 9.72 Å². The molecular formula is C12H11F2N3O2. The summed E-state index contributed by atoms with van der Waals surface area (Å²) in [6, 6.07) is 4.27. The number of hydrogen-bond donors (Lipinski definition) is 1. The van der Waals surface area contributed by atoms with Gasteiger partial charge in [-0.1, -0.05) is 0 Å².